The van der Waals surface area contributed by atoms with Gasteiger partial charge in [0.05, 0.1) is 13.0 Å². The number of aliphatic carboxylic acids is 1. The first-order valence-corrected chi connectivity index (χ1v) is 6.88. The van der Waals surface area contributed by atoms with E-state index in [1.54, 1.807) is 0 Å². The molecule has 1 aromatic heterocycles. The number of carboxylic acids is 1. The van der Waals surface area contributed by atoms with Crippen LogP contribution >= 0.6 is 38.5 Å². The first kappa shape index (κ1) is 13.4. The lowest BCUT2D eigenvalue weighted by molar-refractivity contribution is -0.137. The van der Waals surface area contributed by atoms with Crippen molar-refractivity contribution in [3.05, 3.63) is 26.2 Å². The number of hydrogen-bond donors (Lipinski definition) is 1. The molecule has 0 aliphatic rings. The van der Waals surface area contributed by atoms with E-state index in [-0.39, 0.29) is 13.0 Å². The van der Waals surface area contributed by atoms with E-state index in [0.717, 1.165) is 13.6 Å². The van der Waals surface area contributed by atoms with Crippen molar-refractivity contribution in [3.8, 4) is 11.4 Å². The van der Waals surface area contributed by atoms with E-state index in [1.165, 1.54) is 4.68 Å². The molecule has 1 heterocycles. The Morgan fingerprint density at radius 2 is 2.28 bits per heavy atom. The van der Waals surface area contributed by atoms with E-state index in [4.69, 9.17) is 5.11 Å². The molecule has 0 unspecified atom stereocenters. The van der Waals surface area contributed by atoms with Crippen LogP contribution in [0.4, 0.5) is 0 Å². The van der Waals surface area contributed by atoms with Crippen molar-refractivity contribution in [2.24, 2.45) is 0 Å². The zero-order chi connectivity index (χ0) is 13.1. The van der Waals surface area contributed by atoms with Gasteiger partial charge in [0.25, 0.3) is 0 Å². The maximum absolute atomic E-state index is 10.6. The predicted molar refractivity (Wildman–Crippen MR) is 75.9 cm³/mol. The second-order valence-corrected chi connectivity index (χ2v) is 5.59. The Morgan fingerprint density at radius 1 is 1.50 bits per heavy atom. The molecule has 0 amide bonds. The summed E-state index contributed by atoms with van der Waals surface area (Å²) < 4.78 is 3.41. The first-order chi connectivity index (χ1) is 8.58. The fraction of sp³-hybridized carbons (Fsp3) is 0.200. The summed E-state index contributed by atoms with van der Waals surface area (Å²) in [5.74, 6) is -0.320. The molecule has 0 aliphatic heterocycles. The van der Waals surface area contributed by atoms with Crippen LogP contribution in [0.25, 0.3) is 11.4 Å². The zero-order valence-electron chi connectivity index (χ0n) is 9.05. The minimum atomic E-state index is -0.877. The number of nitrogens with zero attached hydrogens (tertiary/aromatic N) is 4. The van der Waals surface area contributed by atoms with Gasteiger partial charge in [-0.15, -0.1) is 5.10 Å². The minimum Gasteiger partial charge on any atom is -0.481 e. The molecule has 2 aromatic rings. The van der Waals surface area contributed by atoms with Gasteiger partial charge < -0.3 is 5.11 Å². The Balaban J connectivity index is 2.36. The maximum atomic E-state index is 10.6. The van der Waals surface area contributed by atoms with E-state index >= 15 is 0 Å². The molecule has 0 atom stereocenters. The maximum Gasteiger partial charge on any atom is 0.305 e. The van der Waals surface area contributed by atoms with Crippen LogP contribution in [0, 0.1) is 3.57 Å². The Hall–Kier alpha value is -1.03. The van der Waals surface area contributed by atoms with E-state index in [2.05, 4.69) is 54.0 Å². The lowest BCUT2D eigenvalue weighted by atomic mass is 10.2. The van der Waals surface area contributed by atoms with Crippen LogP contribution in [0.1, 0.15) is 6.42 Å². The van der Waals surface area contributed by atoms with Gasteiger partial charge in [0, 0.05) is 13.6 Å². The largest absolute Gasteiger partial charge is 0.481 e. The third-order valence-electron chi connectivity index (χ3n) is 2.24. The second-order valence-electron chi connectivity index (χ2n) is 3.49. The van der Waals surface area contributed by atoms with E-state index < -0.39 is 5.97 Å². The van der Waals surface area contributed by atoms with Crippen molar-refractivity contribution in [3.63, 3.8) is 0 Å². The average molecular weight is 423 g/mol. The van der Waals surface area contributed by atoms with Crippen LogP contribution in [0.15, 0.2) is 22.7 Å². The van der Waals surface area contributed by atoms with Crippen molar-refractivity contribution in [2.75, 3.05) is 0 Å². The molecule has 8 heteroatoms. The quantitative estimate of drug-likeness (QED) is 0.764. The van der Waals surface area contributed by atoms with Gasteiger partial charge in [0.1, 0.15) is 0 Å². The zero-order valence-corrected chi connectivity index (χ0v) is 12.8. The number of hydrogen-bond acceptors (Lipinski definition) is 4. The lowest BCUT2D eigenvalue weighted by Crippen LogP contribution is -2.08. The molecule has 1 N–H and O–H groups in total. The van der Waals surface area contributed by atoms with E-state index in [1.807, 2.05) is 18.2 Å². The first-order valence-electron chi connectivity index (χ1n) is 5.01. The Labute approximate surface area is 125 Å². The standard InChI is InChI=1S/C10H8BrIN4O2/c11-8-2-1-6(12)5-7(8)10-13-14-15-16(10)4-3-9(17)18/h1-2,5H,3-4H2,(H,17,18). The highest BCUT2D eigenvalue weighted by molar-refractivity contribution is 14.1. The molecule has 0 saturated carbocycles. The number of benzene rings is 1. The topological polar surface area (TPSA) is 80.9 Å². The minimum absolute atomic E-state index is 0.0143. The van der Waals surface area contributed by atoms with Gasteiger partial charge in [0.15, 0.2) is 5.82 Å². The van der Waals surface area contributed by atoms with Gasteiger partial charge in [-0.2, -0.15) is 0 Å². The van der Waals surface area contributed by atoms with Crippen molar-refractivity contribution >= 4 is 44.5 Å². The van der Waals surface area contributed by atoms with Gasteiger partial charge in [0.2, 0.25) is 0 Å². The summed E-state index contributed by atoms with van der Waals surface area (Å²) in [6, 6.07) is 5.81. The summed E-state index contributed by atoms with van der Waals surface area (Å²) >= 11 is 5.64. The van der Waals surface area contributed by atoms with Gasteiger partial charge in [-0.05, 0) is 51.2 Å². The number of halogens is 2. The van der Waals surface area contributed by atoms with Crippen LogP contribution in [0.5, 0.6) is 0 Å². The average Bonchev–Trinajstić information content (AvgIpc) is 2.77. The number of rotatable bonds is 4. The Morgan fingerprint density at radius 3 is 3.00 bits per heavy atom. The fourth-order valence-electron chi connectivity index (χ4n) is 1.42. The number of aromatic nitrogens is 4. The fourth-order valence-corrected chi connectivity index (χ4v) is 2.33. The number of aryl methyl sites for hydroxylation is 1. The molecule has 0 saturated heterocycles. The van der Waals surface area contributed by atoms with Crippen molar-refractivity contribution in [1.29, 1.82) is 0 Å². The van der Waals surface area contributed by atoms with Crippen LogP contribution in [0.3, 0.4) is 0 Å². The third-order valence-corrected chi connectivity index (χ3v) is 3.60. The van der Waals surface area contributed by atoms with Crippen LogP contribution in [0.2, 0.25) is 0 Å². The van der Waals surface area contributed by atoms with Gasteiger partial charge in [-0.25, -0.2) is 4.68 Å². The van der Waals surface area contributed by atoms with E-state index in [9.17, 15) is 4.79 Å². The van der Waals surface area contributed by atoms with Crippen LogP contribution in [-0.2, 0) is 11.3 Å². The summed E-state index contributed by atoms with van der Waals surface area (Å²) in [5, 5.41) is 20.0. The molecule has 0 fully saturated rings. The predicted octanol–water partition coefficient (Wildman–Crippen LogP) is 2.18. The number of carbonyl (C=O) groups is 1. The molecule has 6 nitrogen and oxygen atoms in total. The molecule has 0 spiro atoms. The number of carboxylic acid groups (broad SMARTS) is 1. The Kier molecular flexibility index (Phi) is 4.27. The smallest absolute Gasteiger partial charge is 0.305 e. The van der Waals surface area contributed by atoms with Crippen molar-refractivity contribution in [2.45, 2.75) is 13.0 Å². The van der Waals surface area contributed by atoms with Crippen molar-refractivity contribution in [1.82, 2.24) is 20.2 Å². The molecule has 18 heavy (non-hydrogen) atoms. The summed E-state index contributed by atoms with van der Waals surface area (Å²) in [5.41, 5.74) is 0.845. The number of tetrazole rings is 1. The summed E-state index contributed by atoms with van der Waals surface area (Å²) in [6.45, 7) is 0.246. The third kappa shape index (κ3) is 3.05. The highest BCUT2D eigenvalue weighted by atomic mass is 127. The normalized spacial score (nSPS) is 10.6. The Bertz CT molecular complexity index is 587. The van der Waals surface area contributed by atoms with E-state index in [0.29, 0.717) is 5.82 Å². The molecular formula is C10H8BrIN4O2. The molecule has 0 aliphatic carbocycles. The molecule has 2 rings (SSSR count). The molecule has 0 bridgehead atoms. The highest BCUT2D eigenvalue weighted by Crippen LogP contribution is 2.27. The molecular weight excluding hydrogens is 415 g/mol. The van der Waals surface area contributed by atoms with Gasteiger partial charge in [-0.1, -0.05) is 15.9 Å². The van der Waals surface area contributed by atoms with Crippen LogP contribution in [-0.4, -0.2) is 31.3 Å². The molecule has 94 valence electrons. The van der Waals surface area contributed by atoms with Gasteiger partial charge in [-0.3, -0.25) is 4.79 Å². The van der Waals surface area contributed by atoms with Gasteiger partial charge >= 0.3 is 5.97 Å². The SMILES string of the molecule is O=C(O)CCn1nnnc1-c1cc(I)ccc1Br. The monoisotopic (exact) mass is 422 g/mol. The summed E-state index contributed by atoms with van der Waals surface area (Å²) in [6.07, 6.45) is -0.0143. The van der Waals surface area contributed by atoms with Crippen molar-refractivity contribution < 1.29 is 9.90 Å². The summed E-state index contributed by atoms with van der Waals surface area (Å²) in [4.78, 5) is 10.6. The molecule has 1 aromatic carbocycles. The second kappa shape index (κ2) is 5.74. The highest BCUT2D eigenvalue weighted by Gasteiger charge is 2.13. The van der Waals surface area contributed by atoms with Crippen LogP contribution < -0.4 is 0 Å². The molecule has 0 radical (unpaired) electrons. The summed E-state index contributed by atoms with van der Waals surface area (Å²) in [7, 11) is 0. The lowest BCUT2D eigenvalue weighted by Gasteiger charge is -2.05.